The van der Waals surface area contributed by atoms with Gasteiger partial charge in [-0.25, -0.2) is 0 Å². The zero-order valence-corrected chi connectivity index (χ0v) is 14.6. The average molecular weight is 326 g/mol. The van der Waals surface area contributed by atoms with Crippen LogP contribution in [-0.2, 0) is 6.54 Å². The van der Waals surface area contributed by atoms with Crippen molar-refractivity contribution in [2.75, 3.05) is 25.5 Å². The second-order valence-corrected chi connectivity index (χ2v) is 6.18. The van der Waals surface area contributed by atoms with Crippen LogP contribution in [0.4, 0.5) is 5.69 Å². The molecule has 1 amide bonds. The van der Waals surface area contributed by atoms with Crippen LogP contribution in [0.25, 0.3) is 0 Å². The number of aliphatic hydroxyl groups excluding tert-OH is 1. The van der Waals surface area contributed by atoms with E-state index < -0.39 is 0 Å². The fourth-order valence-electron chi connectivity index (χ4n) is 2.56. The lowest BCUT2D eigenvalue weighted by atomic mass is 10.1. The molecule has 4 heteroatoms. The summed E-state index contributed by atoms with van der Waals surface area (Å²) in [5.41, 5.74) is 2.80. The van der Waals surface area contributed by atoms with Crippen LogP contribution < -0.4 is 4.90 Å². The number of hydrogen-bond donors (Lipinski definition) is 1. The Morgan fingerprint density at radius 1 is 1.08 bits per heavy atom. The molecule has 0 fully saturated rings. The number of amides is 1. The smallest absolute Gasteiger partial charge is 0.253 e. The molecule has 0 saturated heterocycles. The summed E-state index contributed by atoms with van der Waals surface area (Å²) in [6.07, 6.45) is 0.333. The number of carbonyl (C=O) groups is 1. The van der Waals surface area contributed by atoms with E-state index in [1.807, 2.05) is 61.5 Å². The highest BCUT2D eigenvalue weighted by molar-refractivity contribution is 5.94. The van der Waals surface area contributed by atoms with Crippen LogP contribution in [-0.4, -0.2) is 42.7 Å². The Labute approximate surface area is 144 Å². The molecule has 0 heterocycles. The first-order valence-corrected chi connectivity index (χ1v) is 8.30. The molecule has 0 aliphatic carbocycles. The number of hydrogen-bond acceptors (Lipinski definition) is 3. The average Bonchev–Trinajstić information content (AvgIpc) is 2.61. The predicted octanol–water partition coefficient (Wildman–Crippen LogP) is 3.17. The predicted molar refractivity (Wildman–Crippen MR) is 98.2 cm³/mol. The summed E-state index contributed by atoms with van der Waals surface area (Å²) >= 11 is 0. The molecule has 1 N–H and O–H groups in total. The molecule has 128 valence electrons. The van der Waals surface area contributed by atoms with Gasteiger partial charge in [-0.1, -0.05) is 37.3 Å². The highest BCUT2D eigenvalue weighted by Crippen LogP contribution is 2.19. The third kappa shape index (κ3) is 4.83. The van der Waals surface area contributed by atoms with E-state index in [1.54, 1.807) is 19.0 Å². The second-order valence-electron chi connectivity index (χ2n) is 6.18. The molecule has 0 aliphatic heterocycles. The third-order valence-electron chi connectivity index (χ3n) is 3.98. The van der Waals surface area contributed by atoms with Crippen molar-refractivity contribution >= 4 is 11.6 Å². The van der Waals surface area contributed by atoms with Crippen LogP contribution in [0, 0.1) is 0 Å². The van der Waals surface area contributed by atoms with E-state index in [4.69, 9.17) is 0 Å². The summed E-state index contributed by atoms with van der Waals surface area (Å²) in [6.45, 7) is 3.19. The summed E-state index contributed by atoms with van der Waals surface area (Å²) < 4.78 is 0. The van der Waals surface area contributed by atoms with Gasteiger partial charge in [-0.15, -0.1) is 0 Å². The van der Waals surface area contributed by atoms with E-state index in [1.165, 1.54) is 0 Å². The number of benzene rings is 2. The van der Waals surface area contributed by atoms with Gasteiger partial charge in [0.2, 0.25) is 0 Å². The van der Waals surface area contributed by atoms with Crippen molar-refractivity contribution in [1.82, 2.24) is 4.90 Å². The number of nitrogens with zero attached hydrogens (tertiary/aromatic N) is 2. The molecular formula is C20H26N2O2. The second kappa shape index (κ2) is 8.50. The maximum absolute atomic E-state index is 12.1. The maximum Gasteiger partial charge on any atom is 0.253 e. The van der Waals surface area contributed by atoms with Crippen LogP contribution >= 0.6 is 0 Å². The molecule has 0 aromatic heterocycles. The minimum absolute atomic E-state index is 0.00305. The number of rotatable bonds is 7. The van der Waals surface area contributed by atoms with E-state index in [9.17, 15) is 9.90 Å². The zero-order valence-electron chi connectivity index (χ0n) is 14.6. The van der Waals surface area contributed by atoms with Gasteiger partial charge in [-0.05, 0) is 36.2 Å². The van der Waals surface area contributed by atoms with Crippen LogP contribution in [0.2, 0.25) is 0 Å². The van der Waals surface area contributed by atoms with Gasteiger partial charge in [0, 0.05) is 38.4 Å². The Balaban J connectivity index is 2.23. The van der Waals surface area contributed by atoms with Crippen molar-refractivity contribution in [2.45, 2.75) is 26.0 Å². The molecule has 2 rings (SSSR count). The number of aliphatic hydroxyl groups is 1. The Morgan fingerprint density at radius 3 is 2.42 bits per heavy atom. The molecule has 0 bridgehead atoms. The largest absolute Gasteiger partial charge is 0.391 e. The van der Waals surface area contributed by atoms with Crippen molar-refractivity contribution in [3.8, 4) is 0 Å². The molecule has 0 saturated carbocycles. The lowest BCUT2D eigenvalue weighted by Gasteiger charge is -2.27. The Kier molecular flexibility index (Phi) is 6.38. The lowest BCUT2D eigenvalue weighted by molar-refractivity contribution is 0.0827. The van der Waals surface area contributed by atoms with E-state index in [2.05, 4.69) is 4.90 Å². The van der Waals surface area contributed by atoms with Gasteiger partial charge in [0.05, 0.1) is 6.10 Å². The highest BCUT2D eigenvalue weighted by Gasteiger charge is 2.13. The van der Waals surface area contributed by atoms with Crippen molar-refractivity contribution in [3.05, 3.63) is 65.7 Å². The lowest BCUT2D eigenvalue weighted by Crippen LogP contribution is -2.31. The normalized spacial score (nSPS) is 11.8. The van der Waals surface area contributed by atoms with E-state index in [0.29, 0.717) is 25.1 Å². The standard InChI is InChI=1S/C20H26N2O2/c1-4-19(23)15-22(18-11-6-5-7-12-18)14-16-9-8-10-17(13-16)20(24)21(2)3/h5-13,19,23H,4,14-15H2,1-3H3/t19-/m0/s1. The first-order chi connectivity index (χ1) is 11.5. The van der Waals surface area contributed by atoms with Gasteiger partial charge >= 0.3 is 0 Å². The number of carbonyl (C=O) groups excluding carboxylic acids is 1. The molecule has 1 atom stereocenters. The van der Waals surface area contributed by atoms with Crippen molar-refractivity contribution in [2.24, 2.45) is 0 Å². The van der Waals surface area contributed by atoms with Crippen LogP contribution in [0.3, 0.4) is 0 Å². The topological polar surface area (TPSA) is 43.8 Å². The van der Waals surface area contributed by atoms with Gasteiger partial charge in [0.15, 0.2) is 0 Å². The van der Waals surface area contributed by atoms with Gasteiger partial charge in [0.1, 0.15) is 0 Å². The van der Waals surface area contributed by atoms with Crippen molar-refractivity contribution < 1.29 is 9.90 Å². The Hall–Kier alpha value is -2.33. The molecule has 2 aromatic carbocycles. The molecule has 0 spiro atoms. The van der Waals surface area contributed by atoms with Gasteiger partial charge in [-0.3, -0.25) is 4.79 Å². The van der Waals surface area contributed by atoms with E-state index >= 15 is 0 Å². The molecule has 24 heavy (non-hydrogen) atoms. The molecule has 0 unspecified atom stereocenters. The minimum atomic E-state index is -0.378. The molecule has 0 aliphatic rings. The van der Waals surface area contributed by atoms with Gasteiger partial charge < -0.3 is 14.9 Å². The Morgan fingerprint density at radius 2 is 1.79 bits per heavy atom. The Bertz CT molecular complexity index is 656. The van der Waals surface area contributed by atoms with Gasteiger partial charge in [0.25, 0.3) is 5.91 Å². The quantitative estimate of drug-likeness (QED) is 0.850. The van der Waals surface area contributed by atoms with Gasteiger partial charge in [-0.2, -0.15) is 0 Å². The fraction of sp³-hybridized carbons (Fsp3) is 0.350. The van der Waals surface area contributed by atoms with E-state index in [0.717, 1.165) is 11.3 Å². The summed E-state index contributed by atoms with van der Waals surface area (Å²) in [5.74, 6) is -0.00305. The first kappa shape index (κ1) is 18.0. The molecule has 4 nitrogen and oxygen atoms in total. The fourth-order valence-corrected chi connectivity index (χ4v) is 2.56. The third-order valence-corrected chi connectivity index (χ3v) is 3.98. The summed E-state index contributed by atoms with van der Waals surface area (Å²) in [4.78, 5) is 15.9. The highest BCUT2D eigenvalue weighted by atomic mass is 16.3. The maximum atomic E-state index is 12.1. The zero-order chi connectivity index (χ0) is 17.5. The van der Waals surface area contributed by atoms with E-state index in [-0.39, 0.29) is 12.0 Å². The summed E-state index contributed by atoms with van der Waals surface area (Å²) in [5, 5.41) is 10.1. The molecular weight excluding hydrogens is 300 g/mol. The monoisotopic (exact) mass is 326 g/mol. The van der Waals surface area contributed by atoms with Crippen molar-refractivity contribution in [3.63, 3.8) is 0 Å². The van der Waals surface area contributed by atoms with Crippen molar-refractivity contribution in [1.29, 1.82) is 0 Å². The first-order valence-electron chi connectivity index (χ1n) is 8.30. The van der Waals surface area contributed by atoms with Crippen LogP contribution in [0.15, 0.2) is 54.6 Å². The summed E-state index contributed by atoms with van der Waals surface area (Å²) in [6, 6.07) is 17.7. The minimum Gasteiger partial charge on any atom is -0.391 e. The SMILES string of the molecule is CC[C@H](O)CN(Cc1cccc(C(=O)N(C)C)c1)c1ccccc1. The summed E-state index contributed by atoms with van der Waals surface area (Å²) in [7, 11) is 3.51. The van der Waals surface area contributed by atoms with Crippen LogP contribution in [0.1, 0.15) is 29.3 Å². The van der Waals surface area contributed by atoms with Crippen LogP contribution in [0.5, 0.6) is 0 Å². The number of anilines is 1. The number of para-hydroxylation sites is 1. The molecule has 2 aromatic rings. The molecule has 0 radical (unpaired) electrons.